The third-order valence-corrected chi connectivity index (χ3v) is 9.36. The lowest BCUT2D eigenvalue weighted by Crippen LogP contribution is -2.36. The molecule has 0 bridgehead atoms. The Labute approximate surface area is 218 Å². The monoisotopic (exact) mass is 538 g/mol. The van der Waals surface area contributed by atoms with E-state index in [9.17, 15) is 18.0 Å². The molecule has 0 atom stereocenters. The first kappa shape index (κ1) is 25.1. The van der Waals surface area contributed by atoms with Crippen LogP contribution in [-0.2, 0) is 21.4 Å². The molecule has 1 aliphatic rings. The molecular formula is C26H26N4O5S2. The average Bonchev–Trinajstić information content (AvgIpc) is 3.25. The number of para-hydroxylation sites is 1. The van der Waals surface area contributed by atoms with Crippen LogP contribution < -0.4 is 15.6 Å². The van der Waals surface area contributed by atoms with Crippen LogP contribution in [0.2, 0.25) is 0 Å². The summed E-state index contributed by atoms with van der Waals surface area (Å²) in [5.41, 5.74) is -0.0149. The Balaban J connectivity index is 1.35. The molecule has 1 saturated heterocycles. The van der Waals surface area contributed by atoms with E-state index < -0.39 is 21.5 Å². The minimum Gasteiger partial charge on any atom is -0.457 e. The van der Waals surface area contributed by atoms with E-state index in [-0.39, 0.29) is 16.8 Å². The van der Waals surface area contributed by atoms with Crippen LogP contribution in [0.1, 0.15) is 24.1 Å². The molecular weight excluding hydrogens is 512 g/mol. The summed E-state index contributed by atoms with van der Waals surface area (Å²) >= 11 is 1.17. The number of anilines is 1. The molecule has 37 heavy (non-hydrogen) atoms. The second-order valence-electron chi connectivity index (χ2n) is 8.80. The van der Waals surface area contributed by atoms with Crippen molar-refractivity contribution < 1.29 is 17.9 Å². The Bertz CT molecular complexity index is 1590. The van der Waals surface area contributed by atoms with Crippen molar-refractivity contribution in [2.75, 3.05) is 18.4 Å². The van der Waals surface area contributed by atoms with E-state index in [1.807, 2.05) is 30.3 Å². The molecule has 1 fully saturated rings. The second-order valence-corrected chi connectivity index (χ2v) is 11.9. The Morgan fingerprint density at radius 3 is 2.41 bits per heavy atom. The number of ether oxygens (including phenoxy) is 1. The molecule has 192 valence electrons. The van der Waals surface area contributed by atoms with E-state index >= 15 is 0 Å². The van der Waals surface area contributed by atoms with Crippen molar-refractivity contribution in [1.29, 1.82) is 0 Å². The zero-order chi connectivity index (χ0) is 26.0. The summed E-state index contributed by atoms with van der Waals surface area (Å²) in [5.74, 6) is 0.879. The first-order valence-corrected chi connectivity index (χ1v) is 14.2. The summed E-state index contributed by atoms with van der Waals surface area (Å²) in [6, 6.07) is 16.2. The topological polar surface area (TPSA) is 111 Å². The lowest BCUT2D eigenvalue weighted by molar-refractivity contribution is -0.116. The lowest BCUT2D eigenvalue weighted by Gasteiger charge is -2.25. The number of aryl methyl sites for hydroxylation is 1. The molecule has 4 aromatic rings. The summed E-state index contributed by atoms with van der Waals surface area (Å²) in [5, 5.41) is 2.80. The summed E-state index contributed by atoms with van der Waals surface area (Å²) in [4.78, 5) is 31.3. The van der Waals surface area contributed by atoms with Gasteiger partial charge in [-0.3, -0.25) is 14.2 Å². The third-order valence-electron chi connectivity index (χ3n) is 6.14. The summed E-state index contributed by atoms with van der Waals surface area (Å²) in [6.45, 7) is 2.25. The molecule has 2 aromatic carbocycles. The molecule has 1 N–H and O–H groups in total. The van der Waals surface area contributed by atoms with E-state index in [1.165, 1.54) is 22.0 Å². The molecule has 9 nitrogen and oxygen atoms in total. The lowest BCUT2D eigenvalue weighted by atomic mass is 10.2. The Kier molecular flexibility index (Phi) is 7.09. The quantitative estimate of drug-likeness (QED) is 0.374. The van der Waals surface area contributed by atoms with Crippen molar-refractivity contribution in [2.24, 2.45) is 0 Å². The number of nitrogens with one attached hydrogen (secondary N) is 1. The molecule has 0 unspecified atom stereocenters. The highest BCUT2D eigenvalue weighted by atomic mass is 32.2. The molecule has 5 rings (SSSR count). The maximum atomic E-state index is 13.4. The molecule has 0 radical (unpaired) electrons. The van der Waals surface area contributed by atoms with Gasteiger partial charge in [0.05, 0.1) is 11.7 Å². The number of sulfonamides is 1. The molecule has 1 aliphatic heterocycles. The SMILES string of the molecule is Cc1sc2ncn(CC(=O)Nc3ccc(Oc4ccccc4)cc3)c(=O)c2c1S(=O)(=O)N1CCCCC1. The van der Waals surface area contributed by atoms with Crippen LogP contribution in [0.5, 0.6) is 11.5 Å². The fourth-order valence-corrected chi connectivity index (χ4v) is 7.54. The number of thiophene rings is 1. The number of rotatable bonds is 7. The Morgan fingerprint density at radius 1 is 1.03 bits per heavy atom. The fraction of sp³-hybridized carbons (Fsp3) is 0.269. The van der Waals surface area contributed by atoms with Gasteiger partial charge in [0.25, 0.3) is 5.56 Å². The number of hydrogen-bond donors (Lipinski definition) is 1. The molecule has 0 saturated carbocycles. The number of amides is 1. The van der Waals surface area contributed by atoms with Crippen molar-refractivity contribution >= 4 is 43.2 Å². The smallest absolute Gasteiger partial charge is 0.263 e. The zero-order valence-electron chi connectivity index (χ0n) is 20.2. The predicted molar refractivity (Wildman–Crippen MR) is 143 cm³/mol. The maximum absolute atomic E-state index is 13.4. The van der Waals surface area contributed by atoms with Gasteiger partial charge < -0.3 is 10.1 Å². The van der Waals surface area contributed by atoms with Gasteiger partial charge in [-0.25, -0.2) is 13.4 Å². The number of fused-ring (bicyclic) bond motifs is 1. The zero-order valence-corrected chi connectivity index (χ0v) is 21.8. The minimum absolute atomic E-state index is 0.00987. The van der Waals surface area contributed by atoms with Gasteiger partial charge in [0, 0.05) is 23.7 Å². The van der Waals surface area contributed by atoms with Crippen LogP contribution in [0, 0.1) is 6.92 Å². The van der Waals surface area contributed by atoms with Gasteiger partial charge in [-0.2, -0.15) is 4.31 Å². The van der Waals surface area contributed by atoms with Crippen molar-refractivity contribution in [3.05, 3.63) is 76.2 Å². The van der Waals surface area contributed by atoms with Crippen molar-refractivity contribution in [1.82, 2.24) is 13.9 Å². The summed E-state index contributed by atoms with van der Waals surface area (Å²) in [7, 11) is -3.84. The normalized spacial score (nSPS) is 14.5. The minimum atomic E-state index is -3.84. The Hall–Kier alpha value is -3.54. The second kappa shape index (κ2) is 10.4. The van der Waals surface area contributed by atoms with Crippen molar-refractivity contribution in [3.8, 4) is 11.5 Å². The fourth-order valence-electron chi connectivity index (χ4n) is 4.36. The first-order chi connectivity index (χ1) is 17.8. The van der Waals surface area contributed by atoms with Crippen LogP contribution in [-0.4, -0.2) is 41.3 Å². The number of piperidine rings is 1. The number of hydrogen-bond acceptors (Lipinski definition) is 7. The molecule has 2 aromatic heterocycles. The van der Waals surface area contributed by atoms with Crippen LogP contribution in [0.4, 0.5) is 5.69 Å². The van der Waals surface area contributed by atoms with Crippen LogP contribution in [0.3, 0.4) is 0 Å². The van der Waals surface area contributed by atoms with E-state index in [0.717, 1.165) is 23.8 Å². The van der Waals surface area contributed by atoms with Gasteiger partial charge in [-0.1, -0.05) is 24.6 Å². The number of benzene rings is 2. The van der Waals surface area contributed by atoms with Gasteiger partial charge in [0.15, 0.2) is 0 Å². The van der Waals surface area contributed by atoms with Gasteiger partial charge in [0.1, 0.15) is 27.8 Å². The number of nitrogens with zero attached hydrogens (tertiary/aromatic N) is 3. The first-order valence-electron chi connectivity index (χ1n) is 11.9. The molecule has 11 heteroatoms. The number of carbonyl (C=O) groups excluding carboxylic acids is 1. The van der Waals surface area contributed by atoms with E-state index in [2.05, 4.69) is 10.3 Å². The van der Waals surface area contributed by atoms with Crippen LogP contribution in [0.25, 0.3) is 10.2 Å². The number of aromatic nitrogens is 2. The molecule has 1 amide bonds. The van der Waals surface area contributed by atoms with E-state index in [0.29, 0.717) is 40.0 Å². The Morgan fingerprint density at radius 2 is 1.70 bits per heavy atom. The van der Waals surface area contributed by atoms with Crippen LogP contribution in [0.15, 0.2) is 70.6 Å². The summed E-state index contributed by atoms with van der Waals surface area (Å²) < 4.78 is 35.2. The highest BCUT2D eigenvalue weighted by Crippen LogP contribution is 2.33. The van der Waals surface area contributed by atoms with Crippen molar-refractivity contribution in [3.63, 3.8) is 0 Å². The summed E-state index contributed by atoms with van der Waals surface area (Å²) in [6.07, 6.45) is 3.86. The third kappa shape index (κ3) is 5.29. The number of carbonyl (C=O) groups is 1. The van der Waals surface area contributed by atoms with Crippen LogP contribution >= 0.6 is 11.3 Å². The maximum Gasteiger partial charge on any atom is 0.263 e. The average molecular weight is 539 g/mol. The van der Waals surface area contributed by atoms with Gasteiger partial charge in [-0.15, -0.1) is 11.3 Å². The van der Waals surface area contributed by atoms with E-state index in [1.54, 1.807) is 31.2 Å². The highest BCUT2D eigenvalue weighted by Gasteiger charge is 2.32. The molecule has 0 aliphatic carbocycles. The van der Waals surface area contributed by atoms with Crippen molar-refractivity contribution in [2.45, 2.75) is 37.6 Å². The van der Waals surface area contributed by atoms with Gasteiger partial charge in [-0.05, 0) is 56.2 Å². The predicted octanol–water partition coefficient (Wildman–Crippen LogP) is 4.37. The van der Waals surface area contributed by atoms with Gasteiger partial charge in [0.2, 0.25) is 15.9 Å². The van der Waals surface area contributed by atoms with E-state index in [4.69, 9.17) is 4.74 Å². The largest absolute Gasteiger partial charge is 0.457 e. The molecule has 0 spiro atoms. The standard InChI is InChI=1S/C26H26N4O5S2/c1-18-24(37(33,34)30-14-6-3-7-15-30)23-25(36-18)27-17-29(26(23)32)16-22(31)28-19-10-12-21(13-11-19)35-20-8-4-2-5-9-20/h2,4-5,8-13,17H,3,6-7,14-16H2,1H3,(H,28,31). The van der Waals surface area contributed by atoms with Gasteiger partial charge >= 0.3 is 0 Å². The highest BCUT2D eigenvalue weighted by molar-refractivity contribution is 7.89. The molecule has 3 heterocycles.